The third kappa shape index (κ3) is 6.11. The van der Waals surface area contributed by atoms with Crippen LogP contribution in [0.1, 0.15) is 85.6 Å². The number of fused-ring (bicyclic) bond motifs is 2. The van der Waals surface area contributed by atoms with Gasteiger partial charge in [0.25, 0.3) is 5.91 Å². The second-order valence-electron chi connectivity index (χ2n) is 11.1. The molecular weight excluding hydrogens is 514 g/mol. The number of anilines is 1. The van der Waals surface area contributed by atoms with Crippen molar-refractivity contribution in [2.75, 3.05) is 5.73 Å². The van der Waals surface area contributed by atoms with Gasteiger partial charge in [0.1, 0.15) is 11.9 Å². The monoisotopic (exact) mass is 553 g/mol. The van der Waals surface area contributed by atoms with Crippen LogP contribution in [0.5, 0.6) is 5.75 Å². The molecule has 2 amide bonds. The van der Waals surface area contributed by atoms with Gasteiger partial charge in [0.05, 0.1) is 17.4 Å². The fourth-order valence-corrected chi connectivity index (χ4v) is 6.37. The van der Waals surface area contributed by atoms with Gasteiger partial charge < -0.3 is 20.7 Å². The Morgan fingerprint density at radius 2 is 1.76 bits per heavy atom. The maximum absolute atomic E-state index is 13.4. The lowest BCUT2D eigenvalue weighted by Gasteiger charge is -2.36. The summed E-state index contributed by atoms with van der Waals surface area (Å²) in [6.07, 6.45) is 8.40. The maximum Gasteiger partial charge on any atom is 0.251 e. The van der Waals surface area contributed by atoms with Crippen LogP contribution in [0.25, 0.3) is 0 Å². The van der Waals surface area contributed by atoms with Crippen LogP contribution in [-0.2, 0) is 4.79 Å². The first-order chi connectivity index (χ1) is 19.9. The molecule has 8 nitrogen and oxygen atoms in total. The summed E-state index contributed by atoms with van der Waals surface area (Å²) in [5.74, 6) is 0.766. The van der Waals surface area contributed by atoms with Crippen molar-refractivity contribution in [3.8, 4) is 5.75 Å². The number of piperidine rings is 1. The summed E-state index contributed by atoms with van der Waals surface area (Å²) in [5, 5.41) is 12.1. The normalized spacial score (nSPS) is 20.5. The molecule has 2 aliphatic rings. The molecule has 4 N–H and O–H groups in total. The van der Waals surface area contributed by atoms with E-state index in [4.69, 9.17) is 15.9 Å². The molecule has 3 unspecified atom stereocenters. The molecule has 2 aliphatic heterocycles. The summed E-state index contributed by atoms with van der Waals surface area (Å²) in [7, 11) is 0. The molecule has 0 spiro atoms. The molecule has 3 atom stereocenters. The van der Waals surface area contributed by atoms with Crippen molar-refractivity contribution in [3.63, 3.8) is 0 Å². The average molecular weight is 554 g/mol. The molecule has 2 saturated heterocycles. The van der Waals surface area contributed by atoms with Crippen molar-refractivity contribution in [3.05, 3.63) is 89.2 Å². The highest BCUT2D eigenvalue weighted by atomic mass is 16.5. The van der Waals surface area contributed by atoms with Crippen LogP contribution in [-0.4, -0.2) is 46.1 Å². The number of nitrogens with one attached hydrogen (secondary N) is 2. The molecule has 0 aliphatic carbocycles. The van der Waals surface area contributed by atoms with Gasteiger partial charge in [-0.2, -0.15) is 0 Å². The van der Waals surface area contributed by atoms with Gasteiger partial charge in [0.15, 0.2) is 0 Å². The van der Waals surface area contributed by atoms with E-state index in [0.29, 0.717) is 22.4 Å². The first-order valence-corrected chi connectivity index (χ1v) is 14.6. The minimum Gasteiger partial charge on any atom is -0.490 e. The Hall–Kier alpha value is -4.20. The average Bonchev–Trinajstić information content (AvgIpc) is 3.26. The first kappa shape index (κ1) is 28.3. The SMILES string of the molecule is CCC(CC)C(NC(=O)c1ccc(N)c(C(=N)c2ccc(OC3CC4CCC(C3)N4C=O)cc2)c1)c1ccccn1. The van der Waals surface area contributed by atoms with Crippen LogP contribution in [0.3, 0.4) is 0 Å². The molecule has 41 heavy (non-hydrogen) atoms. The number of carbonyl (C=O) groups excluding carboxylic acids is 2. The summed E-state index contributed by atoms with van der Waals surface area (Å²) in [6.45, 7) is 4.24. The van der Waals surface area contributed by atoms with Crippen LogP contribution in [0.15, 0.2) is 66.9 Å². The lowest BCUT2D eigenvalue weighted by atomic mass is 9.91. The number of hydrogen-bond acceptors (Lipinski definition) is 6. The number of nitrogens with zero attached hydrogens (tertiary/aromatic N) is 2. The molecule has 214 valence electrons. The minimum atomic E-state index is -0.222. The molecule has 1 aromatic heterocycles. The molecule has 2 bridgehead atoms. The Morgan fingerprint density at radius 3 is 2.37 bits per heavy atom. The van der Waals surface area contributed by atoms with Crippen molar-refractivity contribution in [1.82, 2.24) is 15.2 Å². The van der Waals surface area contributed by atoms with Crippen molar-refractivity contribution in [1.29, 1.82) is 5.41 Å². The molecule has 0 radical (unpaired) electrons. The zero-order valence-electron chi connectivity index (χ0n) is 23.8. The molecule has 2 aromatic carbocycles. The second-order valence-corrected chi connectivity index (χ2v) is 11.1. The second kappa shape index (κ2) is 12.5. The molecular formula is C33H39N5O3. The van der Waals surface area contributed by atoms with E-state index >= 15 is 0 Å². The van der Waals surface area contributed by atoms with Crippen molar-refractivity contribution in [2.24, 2.45) is 5.92 Å². The van der Waals surface area contributed by atoms with Gasteiger partial charge in [-0.25, -0.2) is 0 Å². The number of carbonyl (C=O) groups is 2. The van der Waals surface area contributed by atoms with Gasteiger partial charge in [-0.15, -0.1) is 0 Å². The highest BCUT2D eigenvalue weighted by Crippen LogP contribution is 2.36. The van der Waals surface area contributed by atoms with E-state index in [1.807, 2.05) is 47.4 Å². The number of aromatic nitrogens is 1. The number of amides is 2. The van der Waals surface area contributed by atoms with Gasteiger partial charge in [0.2, 0.25) is 6.41 Å². The summed E-state index contributed by atoms with van der Waals surface area (Å²) < 4.78 is 6.26. The van der Waals surface area contributed by atoms with Gasteiger partial charge in [-0.3, -0.25) is 20.0 Å². The van der Waals surface area contributed by atoms with Crippen LogP contribution in [0.4, 0.5) is 5.69 Å². The van der Waals surface area contributed by atoms with E-state index < -0.39 is 0 Å². The van der Waals surface area contributed by atoms with Crippen LogP contribution in [0.2, 0.25) is 0 Å². The Labute approximate surface area is 241 Å². The predicted molar refractivity (Wildman–Crippen MR) is 160 cm³/mol. The number of benzene rings is 2. The maximum atomic E-state index is 13.4. The van der Waals surface area contributed by atoms with E-state index in [-0.39, 0.29) is 41.8 Å². The van der Waals surface area contributed by atoms with Crippen molar-refractivity contribution in [2.45, 2.75) is 76.6 Å². The smallest absolute Gasteiger partial charge is 0.251 e. The van der Waals surface area contributed by atoms with Gasteiger partial charge in [-0.1, -0.05) is 32.8 Å². The zero-order valence-corrected chi connectivity index (χ0v) is 23.8. The third-order valence-corrected chi connectivity index (χ3v) is 8.71. The van der Waals surface area contributed by atoms with Gasteiger partial charge in [-0.05, 0) is 73.4 Å². The van der Waals surface area contributed by atoms with E-state index in [9.17, 15) is 9.59 Å². The van der Waals surface area contributed by atoms with E-state index in [0.717, 1.165) is 56.4 Å². The zero-order chi connectivity index (χ0) is 28.9. The molecule has 3 heterocycles. The molecule has 3 aromatic rings. The molecule has 8 heteroatoms. The fourth-order valence-electron chi connectivity index (χ4n) is 6.37. The quantitative estimate of drug-likeness (QED) is 0.164. The van der Waals surface area contributed by atoms with Crippen LogP contribution < -0.4 is 15.8 Å². The van der Waals surface area contributed by atoms with Crippen LogP contribution >= 0.6 is 0 Å². The van der Waals surface area contributed by atoms with Gasteiger partial charge in [0, 0.05) is 53.5 Å². The number of pyridine rings is 1. The number of hydrogen-bond donors (Lipinski definition) is 3. The Bertz CT molecular complexity index is 1360. The summed E-state index contributed by atoms with van der Waals surface area (Å²) >= 11 is 0. The Morgan fingerprint density at radius 1 is 1.07 bits per heavy atom. The minimum absolute atomic E-state index is 0.0785. The number of nitrogen functional groups attached to an aromatic ring is 1. The van der Waals surface area contributed by atoms with E-state index in [1.54, 1.807) is 24.4 Å². The Kier molecular flexibility index (Phi) is 8.67. The molecule has 2 fully saturated rings. The highest BCUT2D eigenvalue weighted by molar-refractivity contribution is 6.14. The summed E-state index contributed by atoms with van der Waals surface area (Å²) in [5.41, 5.74) is 9.42. The topological polar surface area (TPSA) is 121 Å². The lowest BCUT2D eigenvalue weighted by molar-refractivity contribution is -0.123. The van der Waals surface area contributed by atoms with Crippen LogP contribution in [0, 0.1) is 11.3 Å². The fraction of sp³-hybridized carbons (Fsp3) is 0.394. The summed E-state index contributed by atoms with van der Waals surface area (Å²) in [4.78, 5) is 31.3. The van der Waals surface area contributed by atoms with E-state index in [1.165, 1.54) is 0 Å². The lowest BCUT2D eigenvalue weighted by Crippen LogP contribution is -2.45. The first-order valence-electron chi connectivity index (χ1n) is 14.6. The Balaban J connectivity index is 1.28. The number of ether oxygens (including phenoxy) is 1. The van der Waals surface area contributed by atoms with Crippen molar-refractivity contribution >= 4 is 23.7 Å². The molecule has 0 saturated carbocycles. The summed E-state index contributed by atoms with van der Waals surface area (Å²) in [6, 6.07) is 18.6. The van der Waals surface area contributed by atoms with Gasteiger partial charge >= 0.3 is 0 Å². The number of nitrogens with two attached hydrogens (primary N) is 1. The van der Waals surface area contributed by atoms with E-state index in [2.05, 4.69) is 24.1 Å². The third-order valence-electron chi connectivity index (χ3n) is 8.71. The predicted octanol–water partition coefficient (Wildman–Crippen LogP) is 5.52. The molecule has 5 rings (SSSR count). The number of rotatable bonds is 11. The largest absolute Gasteiger partial charge is 0.490 e. The van der Waals surface area contributed by atoms with Crippen molar-refractivity contribution < 1.29 is 14.3 Å². The highest BCUT2D eigenvalue weighted by Gasteiger charge is 2.40. The standard InChI is InChI=1S/C33H39N5O3/c1-3-21(4-2)32(30-7-5-6-16-36-30)37-33(40)23-10-15-29(34)28(17-23)31(35)22-8-13-26(14-9-22)41-27-18-24-11-12-25(19-27)38(24)20-39/h5-10,13-17,20-21,24-25,27,32,35H,3-4,11-12,18-19,34H2,1-2H3,(H,37,40).